The fraction of sp³-hybridized carbons (Fsp3) is 1.00. The molecule has 1 atom stereocenters. The molecule has 90 valence electrons. The van der Waals surface area contributed by atoms with Crippen LogP contribution in [-0.4, -0.2) is 52.0 Å². The quantitative estimate of drug-likeness (QED) is 0.582. The van der Waals surface area contributed by atoms with E-state index in [-0.39, 0.29) is 0 Å². The van der Waals surface area contributed by atoms with E-state index in [0.717, 1.165) is 6.04 Å². The van der Waals surface area contributed by atoms with Gasteiger partial charge < -0.3 is 0 Å². The number of halogens is 1. The van der Waals surface area contributed by atoms with Crippen LogP contribution >= 0.6 is 22.6 Å². The Bertz CT molecular complexity index is 189. The number of rotatable bonds is 3. The molecule has 1 saturated heterocycles. The van der Waals surface area contributed by atoms with E-state index in [1.807, 2.05) is 0 Å². The summed E-state index contributed by atoms with van der Waals surface area (Å²) >= 11 is 2.50. The summed E-state index contributed by atoms with van der Waals surface area (Å²) in [5.74, 6) is 0. The zero-order valence-corrected chi connectivity index (χ0v) is 12.7. The molecule has 0 aliphatic carbocycles. The molecule has 2 nitrogen and oxygen atoms in total. The minimum Gasteiger partial charge on any atom is -0.298 e. The smallest absolute Gasteiger partial charge is 0.0231 e. The predicted molar refractivity (Wildman–Crippen MR) is 75.9 cm³/mol. The van der Waals surface area contributed by atoms with Crippen molar-refractivity contribution in [1.29, 1.82) is 0 Å². The van der Waals surface area contributed by atoms with E-state index in [9.17, 15) is 0 Å². The zero-order chi connectivity index (χ0) is 11.5. The van der Waals surface area contributed by atoms with Gasteiger partial charge in [0, 0.05) is 35.6 Å². The summed E-state index contributed by atoms with van der Waals surface area (Å²) in [5, 5.41) is 0. The first kappa shape index (κ1) is 13.7. The lowest BCUT2D eigenvalue weighted by molar-refractivity contribution is 0.0240. The van der Waals surface area contributed by atoms with E-state index in [1.165, 1.54) is 37.0 Å². The largest absolute Gasteiger partial charge is 0.298 e. The summed E-state index contributed by atoms with van der Waals surface area (Å²) in [5.41, 5.74) is 0.337. The van der Waals surface area contributed by atoms with Crippen molar-refractivity contribution in [2.24, 2.45) is 0 Å². The Morgan fingerprint density at radius 3 is 2.40 bits per heavy atom. The fourth-order valence-electron chi connectivity index (χ4n) is 2.32. The molecule has 0 saturated carbocycles. The molecule has 1 rings (SSSR count). The summed E-state index contributed by atoms with van der Waals surface area (Å²) in [6, 6.07) is 0.778. The zero-order valence-electron chi connectivity index (χ0n) is 10.6. The first-order chi connectivity index (χ1) is 6.99. The normalized spacial score (nSPS) is 25.8. The molecule has 0 aromatic carbocycles. The molecule has 1 heterocycles. The van der Waals surface area contributed by atoms with Gasteiger partial charge in [0.25, 0.3) is 0 Å². The SMILES string of the molecule is CCN1CCN(C(C)(C)C)CC1CCI. The van der Waals surface area contributed by atoms with Crippen LogP contribution in [0.15, 0.2) is 0 Å². The highest BCUT2D eigenvalue weighted by Crippen LogP contribution is 2.21. The summed E-state index contributed by atoms with van der Waals surface area (Å²) < 4.78 is 1.27. The van der Waals surface area contributed by atoms with E-state index < -0.39 is 0 Å². The van der Waals surface area contributed by atoms with Gasteiger partial charge in [-0.2, -0.15) is 0 Å². The minimum atomic E-state index is 0.337. The van der Waals surface area contributed by atoms with Gasteiger partial charge in [0.05, 0.1) is 0 Å². The van der Waals surface area contributed by atoms with Crippen LogP contribution in [0, 0.1) is 0 Å². The molecule has 0 aromatic rings. The highest BCUT2D eigenvalue weighted by Gasteiger charge is 2.30. The maximum atomic E-state index is 2.64. The van der Waals surface area contributed by atoms with Crippen LogP contribution < -0.4 is 0 Å². The predicted octanol–water partition coefficient (Wildman–Crippen LogP) is 2.62. The average Bonchev–Trinajstić information content (AvgIpc) is 2.17. The Balaban J connectivity index is 2.57. The Morgan fingerprint density at radius 2 is 1.93 bits per heavy atom. The number of likely N-dealkylation sites (N-methyl/N-ethyl adjacent to an activating group) is 1. The number of piperazine rings is 1. The first-order valence-corrected chi connectivity index (χ1v) is 7.56. The monoisotopic (exact) mass is 324 g/mol. The molecule has 0 spiro atoms. The Morgan fingerprint density at radius 1 is 1.27 bits per heavy atom. The van der Waals surface area contributed by atoms with Gasteiger partial charge in [-0.1, -0.05) is 29.5 Å². The molecule has 0 bridgehead atoms. The minimum absolute atomic E-state index is 0.337. The lowest BCUT2D eigenvalue weighted by Gasteiger charge is -2.46. The average molecular weight is 324 g/mol. The first-order valence-electron chi connectivity index (χ1n) is 6.04. The van der Waals surface area contributed by atoms with Crippen molar-refractivity contribution >= 4 is 22.6 Å². The maximum Gasteiger partial charge on any atom is 0.0231 e. The lowest BCUT2D eigenvalue weighted by atomic mass is 10.0. The van der Waals surface area contributed by atoms with Gasteiger partial charge in [-0.25, -0.2) is 0 Å². The van der Waals surface area contributed by atoms with Gasteiger partial charge in [0.1, 0.15) is 0 Å². The van der Waals surface area contributed by atoms with Crippen molar-refractivity contribution in [2.75, 3.05) is 30.6 Å². The Labute approximate surface area is 109 Å². The number of nitrogens with zero attached hydrogens (tertiary/aromatic N) is 2. The van der Waals surface area contributed by atoms with E-state index in [2.05, 4.69) is 60.1 Å². The third-order valence-electron chi connectivity index (χ3n) is 3.40. The molecule has 1 aliphatic rings. The van der Waals surface area contributed by atoms with Crippen LogP contribution in [-0.2, 0) is 0 Å². The van der Waals surface area contributed by atoms with Crippen molar-refractivity contribution in [3.63, 3.8) is 0 Å². The molecular formula is C12H25IN2. The molecule has 1 unspecified atom stereocenters. The standard InChI is InChI=1S/C12H25IN2/c1-5-14-8-9-15(12(2,3)4)10-11(14)6-7-13/h11H,5-10H2,1-4H3. The highest BCUT2D eigenvalue weighted by molar-refractivity contribution is 14.1. The van der Waals surface area contributed by atoms with Crippen molar-refractivity contribution in [1.82, 2.24) is 9.80 Å². The summed E-state index contributed by atoms with van der Waals surface area (Å²) in [4.78, 5) is 5.27. The number of hydrogen-bond acceptors (Lipinski definition) is 2. The molecular weight excluding hydrogens is 299 g/mol. The van der Waals surface area contributed by atoms with Crippen LogP contribution in [0.2, 0.25) is 0 Å². The molecule has 15 heavy (non-hydrogen) atoms. The molecule has 3 heteroatoms. The van der Waals surface area contributed by atoms with Gasteiger partial charge in [0.15, 0.2) is 0 Å². The van der Waals surface area contributed by atoms with Crippen molar-refractivity contribution in [3.8, 4) is 0 Å². The second kappa shape index (κ2) is 5.82. The van der Waals surface area contributed by atoms with Crippen molar-refractivity contribution < 1.29 is 0 Å². The van der Waals surface area contributed by atoms with Gasteiger partial charge in [0.2, 0.25) is 0 Å². The topological polar surface area (TPSA) is 6.48 Å². The van der Waals surface area contributed by atoms with E-state index in [4.69, 9.17) is 0 Å². The fourth-order valence-corrected chi connectivity index (χ4v) is 3.04. The highest BCUT2D eigenvalue weighted by atomic mass is 127. The van der Waals surface area contributed by atoms with Gasteiger partial charge >= 0.3 is 0 Å². The second-order valence-corrected chi connectivity index (χ2v) is 6.46. The summed E-state index contributed by atoms with van der Waals surface area (Å²) in [6.45, 7) is 14.2. The number of alkyl halides is 1. The molecule has 1 aliphatic heterocycles. The third kappa shape index (κ3) is 3.86. The maximum absolute atomic E-state index is 2.64. The third-order valence-corrected chi connectivity index (χ3v) is 4.02. The van der Waals surface area contributed by atoms with Gasteiger partial charge in [-0.3, -0.25) is 9.80 Å². The van der Waals surface area contributed by atoms with E-state index in [1.54, 1.807) is 0 Å². The van der Waals surface area contributed by atoms with E-state index >= 15 is 0 Å². The summed E-state index contributed by atoms with van der Waals surface area (Å²) in [6.07, 6.45) is 1.33. The molecule has 0 N–H and O–H groups in total. The summed E-state index contributed by atoms with van der Waals surface area (Å²) in [7, 11) is 0. The molecule has 0 aromatic heterocycles. The van der Waals surface area contributed by atoms with Crippen LogP contribution in [0.3, 0.4) is 0 Å². The van der Waals surface area contributed by atoms with E-state index in [0.29, 0.717) is 5.54 Å². The second-order valence-electron chi connectivity index (χ2n) is 5.38. The van der Waals surface area contributed by atoms with Gasteiger partial charge in [-0.15, -0.1) is 0 Å². The van der Waals surface area contributed by atoms with Crippen LogP contribution in [0.4, 0.5) is 0 Å². The lowest BCUT2D eigenvalue weighted by Crippen LogP contribution is -2.58. The molecule has 0 radical (unpaired) electrons. The van der Waals surface area contributed by atoms with Crippen molar-refractivity contribution in [3.05, 3.63) is 0 Å². The molecule has 0 amide bonds. The van der Waals surface area contributed by atoms with Crippen molar-refractivity contribution in [2.45, 2.75) is 45.7 Å². The number of hydrogen-bond donors (Lipinski definition) is 0. The Hall–Kier alpha value is 0.650. The Kier molecular flexibility index (Phi) is 5.32. The van der Waals surface area contributed by atoms with Gasteiger partial charge in [-0.05, 0) is 33.7 Å². The van der Waals surface area contributed by atoms with Crippen LogP contribution in [0.5, 0.6) is 0 Å². The molecule has 1 fully saturated rings. The van der Waals surface area contributed by atoms with Crippen LogP contribution in [0.25, 0.3) is 0 Å². The van der Waals surface area contributed by atoms with Crippen LogP contribution in [0.1, 0.15) is 34.1 Å².